The molecule has 0 rings (SSSR count). The van der Waals surface area contributed by atoms with Crippen molar-refractivity contribution in [3.63, 3.8) is 0 Å². The van der Waals surface area contributed by atoms with Gasteiger partial charge in [0.15, 0.2) is 8.32 Å². The molecule has 0 aliphatic carbocycles. The lowest BCUT2D eigenvalue weighted by molar-refractivity contribution is -0.0176. The monoisotopic (exact) mass is 397 g/mol. The van der Waals surface area contributed by atoms with E-state index in [1.54, 1.807) is 0 Å². The van der Waals surface area contributed by atoms with Crippen molar-refractivity contribution >= 4 is 8.32 Å². The van der Waals surface area contributed by atoms with Gasteiger partial charge in [0, 0.05) is 6.54 Å². The minimum Gasteiger partial charge on any atom is -0.415 e. The number of rotatable bonds is 21. The lowest BCUT2D eigenvalue weighted by Gasteiger charge is -2.16. The number of hydrogen-bond acceptors (Lipinski definition) is 8. The number of hydrogen-bond donors (Lipinski definition) is 1. The molecular weight excluding hydrogens is 358 g/mol. The lowest BCUT2D eigenvalue weighted by atomic mass is 10.6. The van der Waals surface area contributed by atoms with Crippen LogP contribution >= 0.6 is 0 Å². The Morgan fingerprint density at radius 1 is 0.462 bits per heavy atom. The topological polar surface area (TPSA) is 90.6 Å². The molecule has 0 heterocycles. The highest BCUT2D eigenvalue weighted by atomic mass is 28.4. The van der Waals surface area contributed by atoms with Gasteiger partial charge >= 0.3 is 0 Å². The molecule has 158 valence electrons. The van der Waals surface area contributed by atoms with E-state index in [1.165, 1.54) is 0 Å². The maximum atomic E-state index is 5.69. The quantitative estimate of drug-likeness (QED) is 0.226. The molecule has 8 nitrogen and oxygen atoms in total. The molecule has 0 aliphatic heterocycles. The minimum absolute atomic E-state index is 0.538. The van der Waals surface area contributed by atoms with Crippen LogP contribution in [0.3, 0.4) is 0 Å². The van der Waals surface area contributed by atoms with Crippen LogP contribution < -0.4 is 5.73 Å². The maximum Gasteiger partial charge on any atom is 0.183 e. The predicted octanol–water partition coefficient (Wildman–Crippen LogP) is 0.896. The van der Waals surface area contributed by atoms with E-state index in [-0.39, 0.29) is 0 Å². The Kier molecular flexibility index (Phi) is 19.6. The van der Waals surface area contributed by atoms with E-state index in [2.05, 4.69) is 19.6 Å². The average molecular weight is 398 g/mol. The summed E-state index contributed by atoms with van der Waals surface area (Å²) < 4.78 is 37.9. The molecule has 0 saturated carbocycles. The van der Waals surface area contributed by atoms with E-state index >= 15 is 0 Å². The van der Waals surface area contributed by atoms with E-state index in [4.69, 9.17) is 38.6 Å². The van der Waals surface area contributed by atoms with Crippen LogP contribution in [0.2, 0.25) is 19.6 Å². The second-order valence-electron chi connectivity index (χ2n) is 6.42. The molecule has 0 spiro atoms. The standard InChI is InChI=1S/C17H39NO7Si/c1-26(2,3)25-17-16-24-15-14-23-13-12-22-11-10-21-9-8-20-7-6-19-5-4-18/h4-18H2,1-3H3. The van der Waals surface area contributed by atoms with Gasteiger partial charge in [-0.2, -0.15) is 0 Å². The highest BCUT2D eigenvalue weighted by Gasteiger charge is 2.12. The molecular formula is C17H39NO7Si. The van der Waals surface area contributed by atoms with Gasteiger partial charge < -0.3 is 38.6 Å². The first-order valence-electron chi connectivity index (χ1n) is 9.37. The Balaban J connectivity index is 3.01. The van der Waals surface area contributed by atoms with Crippen LogP contribution in [-0.2, 0) is 32.8 Å². The molecule has 9 heteroatoms. The van der Waals surface area contributed by atoms with Crippen molar-refractivity contribution in [3.8, 4) is 0 Å². The first-order chi connectivity index (χ1) is 12.6. The molecule has 0 fully saturated rings. The summed E-state index contributed by atoms with van der Waals surface area (Å²) in [7, 11) is -1.42. The summed E-state index contributed by atoms with van der Waals surface area (Å²) in [6.45, 7) is 14.5. The molecule has 0 aromatic carbocycles. The molecule has 0 aliphatic rings. The maximum absolute atomic E-state index is 5.69. The molecule has 0 amide bonds. The fourth-order valence-corrected chi connectivity index (χ4v) is 2.39. The summed E-state index contributed by atoms with van der Waals surface area (Å²) in [6, 6.07) is 0. The third kappa shape index (κ3) is 23.9. The summed E-state index contributed by atoms with van der Waals surface area (Å²) in [5.74, 6) is 0. The van der Waals surface area contributed by atoms with Crippen molar-refractivity contribution in [3.05, 3.63) is 0 Å². The smallest absolute Gasteiger partial charge is 0.183 e. The largest absolute Gasteiger partial charge is 0.415 e. The molecule has 26 heavy (non-hydrogen) atoms. The van der Waals surface area contributed by atoms with Crippen molar-refractivity contribution < 1.29 is 32.8 Å². The first-order valence-corrected chi connectivity index (χ1v) is 12.8. The van der Waals surface area contributed by atoms with Crippen LogP contribution in [0, 0.1) is 0 Å². The molecule has 0 aromatic rings. The predicted molar refractivity (Wildman–Crippen MR) is 103 cm³/mol. The lowest BCUT2D eigenvalue weighted by Crippen LogP contribution is -2.27. The SMILES string of the molecule is C[Si](C)(C)OCCOCCOCCOCCOCCOCCOCCN. The van der Waals surface area contributed by atoms with Gasteiger partial charge in [-0.3, -0.25) is 0 Å². The molecule has 0 atom stereocenters. The Morgan fingerprint density at radius 3 is 1.00 bits per heavy atom. The van der Waals surface area contributed by atoms with Crippen LogP contribution in [0.25, 0.3) is 0 Å². The van der Waals surface area contributed by atoms with Gasteiger partial charge in [-0.1, -0.05) is 0 Å². The van der Waals surface area contributed by atoms with E-state index in [9.17, 15) is 0 Å². The van der Waals surface area contributed by atoms with Crippen LogP contribution in [0.15, 0.2) is 0 Å². The molecule has 0 unspecified atom stereocenters. The molecule has 0 saturated heterocycles. The van der Waals surface area contributed by atoms with Crippen LogP contribution in [0.1, 0.15) is 0 Å². The van der Waals surface area contributed by atoms with Crippen molar-refractivity contribution in [2.45, 2.75) is 19.6 Å². The zero-order valence-electron chi connectivity index (χ0n) is 16.8. The van der Waals surface area contributed by atoms with Gasteiger partial charge in [0.2, 0.25) is 0 Å². The summed E-state index contributed by atoms with van der Waals surface area (Å²) in [4.78, 5) is 0. The minimum atomic E-state index is -1.42. The van der Waals surface area contributed by atoms with E-state index in [0.29, 0.717) is 92.4 Å². The van der Waals surface area contributed by atoms with Gasteiger partial charge in [0.05, 0.1) is 85.9 Å². The highest BCUT2D eigenvalue weighted by Crippen LogP contribution is 2.01. The van der Waals surface area contributed by atoms with Crippen molar-refractivity contribution in [2.75, 3.05) is 92.4 Å². The Morgan fingerprint density at radius 2 is 0.731 bits per heavy atom. The summed E-state index contributed by atoms with van der Waals surface area (Å²) >= 11 is 0. The second kappa shape index (κ2) is 19.7. The Bertz CT molecular complexity index is 280. The van der Waals surface area contributed by atoms with Gasteiger partial charge in [-0.15, -0.1) is 0 Å². The molecule has 0 aromatic heterocycles. The Hall–Kier alpha value is -0.103. The summed E-state index contributed by atoms with van der Waals surface area (Å²) in [5, 5.41) is 0. The zero-order valence-corrected chi connectivity index (χ0v) is 17.8. The van der Waals surface area contributed by atoms with E-state index < -0.39 is 8.32 Å². The van der Waals surface area contributed by atoms with Gasteiger partial charge in [0.1, 0.15) is 0 Å². The van der Waals surface area contributed by atoms with E-state index in [1.807, 2.05) is 0 Å². The summed E-state index contributed by atoms with van der Waals surface area (Å²) in [6.07, 6.45) is 0. The van der Waals surface area contributed by atoms with Crippen LogP contribution in [0.5, 0.6) is 0 Å². The highest BCUT2D eigenvalue weighted by molar-refractivity contribution is 6.69. The van der Waals surface area contributed by atoms with Gasteiger partial charge in [-0.25, -0.2) is 0 Å². The zero-order chi connectivity index (χ0) is 19.3. The number of nitrogens with two attached hydrogens (primary N) is 1. The second-order valence-corrected chi connectivity index (χ2v) is 10.9. The average Bonchev–Trinajstić information content (AvgIpc) is 2.59. The van der Waals surface area contributed by atoms with Gasteiger partial charge in [0.25, 0.3) is 0 Å². The normalized spacial score (nSPS) is 12.0. The van der Waals surface area contributed by atoms with Crippen molar-refractivity contribution in [2.24, 2.45) is 5.73 Å². The molecule has 0 bridgehead atoms. The van der Waals surface area contributed by atoms with Gasteiger partial charge in [-0.05, 0) is 19.6 Å². The van der Waals surface area contributed by atoms with Crippen molar-refractivity contribution in [1.29, 1.82) is 0 Å². The van der Waals surface area contributed by atoms with Crippen molar-refractivity contribution in [1.82, 2.24) is 0 Å². The van der Waals surface area contributed by atoms with Crippen LogP contribution in [0.4, 0.5) is 0 Å². The first kappa shape index (κ1) is 25.9. The third-order valence-corrected chi connectivity index (χ3v) is 3.96. The Labute approximate surface area is 159 Å². The van der Waals surface area contributed by atoms with Crippen LogP contribution in [-0.4, -0.2) is 101 Å². The number of ether oxygens (including phenoxy) is 6. The third-order valence-electron chi connectivity index (χ3n) is 2.88. The van der Waals surface area contributed by atoms with E-state index in [0.717, 1.165) is 0 Å². The fraction of sp³-hybridized carbons (Fsp3) is 1.00. The molecule has 2 N–H and O–H groups in total. The fourth-order valence-electron chi connectivity index (χ4n) is 1.69. The molecule has 0 radical (unpaired) electrons. The summed E-state index contributed by atoms with van der Waals surface area (Å²) in [5.41, 5.74) is 5.30.